The minimum Gasteiger partial charge on any atom is -0.469 e. The smallest absolute Gasteiger partial charge is 0.410 e. The minimum absolute atomic E-state index is 0.209. The number of hydrogen-bond donors (Lipinski definition) is 0. The van der Waals surface area contributed by atoms with E-state index in [0.717, 1.165) is 5.56 Å². The van der Waals surface area contributed by atoms with Gasteiger partial charge in [-0.25, -0.2) is 4.79 Å². The van der Waals surface area contributed by atoms with E-state index in [1.165, 1.54) is 7.11 Å². The van der Waals surface area contributed by atoms with Crippen molar-refractivity contribution in [2.45, 2.75) is 26.4 Å². The number of rotatable bonds is 3. The average Bonchev–Trinajstić information content (AvgIpc) is 2.53. The normalized spacial score (nSPS) is 17.1. The van der Waals surface area contributed by atoms with Crippen molar-refractivity contribution in [1.29, 1.82) is 0 Å². The third-order valence-electron chi connectivity index (χ3n) is 4.01. The molecule has 0 N–H and O–H groups in total. The van der Waals surface area contributed by atoms with Crippen LogP contribution in [-0.2, 0) is 20.9 Å². The topological polar surface area (TPSA) is 55.8 Å². The lowest BCUT2D eigenvalue weighted by Gasteiger charge is -2.36. The molecule has 21 heavy (non-hydrogen) atoms. The van der Waals surface area contributed by atoms with Gasteiger partial charge in [0.15, 0.2) is 0 Å². The van der Waals surface area contributed by atoms with E-state index in [1.807, 2.05) is 37.3 Å². The number of esters is 1. The molecule has 0 spiro atoms. The van der Waals surface area contributed by atoms with Crippen LogP contribution >= 0.6 is 0 Å². The van der Waals surface area contributed by atoms with Crippen molar-refractivity contribution >= 4 is 12.1 Å². The summed E-state index contributed by atoms with van der Waals surface area (Å²) < 4.78 is 10.1. The molecule has 0 unspecified atom stereocenters. The van der Waals surface area contributed by atoms with Gasteiger partial charge in [-0.1, -0.05) is 30.3 Å². The summed E-state index contributed by atoms with van der Waals surface area (Å²) in [6.45, 7) is 3.17. The zero-order valence-corrected chi connectivity index (χ0v) is 12.5. The Hall–Kier alpha value is -2.04. The Bertz CT molecular complexity index is 492. The van der Waals surface area contributed by atoms with Crippen LogP contribution in [0.5, 0.6) is 0 Å². The van der Waals surface area contributed by atoms with E-state index in [1.54, 1.807) is 4.90 Å². The van der Waals surface area contributed by atoms with Crippen molar-refractivity contribution < 1.29 is 19.1 Å². The summed E-state index contributed by atoms with van der Waals surface area (Å²) in [4.78, 5) is 25.4. The molecule has 1 aliphatic heterocycles. The van der Waals surface area contributed by atoms with Gasteiger partial charge in [-0.2, -0.15) is 0 Å². The minimum atomic E-state index is -0.495. The molecule has 1 amide bonds. The summed E-state index contributed by atoms with van der Waals surface area (Å²) in [6.07, 6.45) is 0.867. The van der Waals surface area contributed by atoms with E-state index in [2.05, 4.69) is 0 Å². The monoisotopic (exact) mass is 291 g/mol. The van der Waals surface area contributed by atoms with E-state index in [4.69, 9.17) is 9.47 Å². The maximum absolute atomic E-state index is 12.0. The van der Waals surface area contributed by atoms with Crippen LogP contribution in [0.4, 0.5) is 4.79 Å². The predicted octanol–water partition coefficient (Wildman–Crippen LogP) is 2.60. The molecule has 114 valence electrons. The highest BCUT2D eigenvalue weighted by atomic mass is 16.6. The molecule has 0 radical (unpaired) electrons. The van der Waals surface area contributed by atoms with Gasteiger partial charge in [-0.05, 0) is 25.3 Å². The highest BCUT2D eigenvalue weighted by molar-refractivity contribution is 5.77. The van der Waals surface area contributed by atoms with Crippen molar-refractivity contribution in [2.24, 2.45) is 5.41 Å². The number of carbonyl (C=O) groups excluding carboxylic acids is 2. The van der Waals surface area contributed by atoms with Gasteiger partial charge in [0.25, 0.3) is 0 Å². The Balaban J connectivity index is 1.82. The molecule has 1 aromatic carbocycles. The lowest BCUT2D eigenvalue weighted by atomic mass is 9.80. The molecule has 5 nitrogen and oxygen atoms in total. The van der Waals surface area contributed by atoms with Crippen molar-refractivity contribution in [3.8, 4) is 0 Å². The Morgan fingerprint density at radius 2 is 1.81 bits per heavy atom. The Labute approximate surface area is 124 Å². The van der Waals surface area contributed by atoms with Gasteiger partial charge >= 0.3 is 12.1 Å². The van der Waals surface area contributed by atoms with E-state index < -0.39 is 5.41 Å². The van der Waals surface area contributed by atoms with Gasteiger partial charge in [0.05, 0.1) is 12.5 Å². The Morgan fingerprint density at radius 3 is 2.38 bits per heavy atom. The summed E-state index contributed by atoms with van der Waals surface area (Å²) in [5.74, 6) is -0.209. The van der Waals surface area contributed by atoms with Crippen LogP contribution in [0.25, 0.3) is 0 Å². The predicted molar refractivity (Wildman–Crippen MR) is 77.6 cm³/mol. The largest absolute Gasteiger partial charge is 0.469 e. The van der Waals surface area contributed by atoms with Crippen LogP contribution in [0.2, 0.25) is 0 Å². The van der Waals surface area contributed by atoms with Crippen LogP contribution in [0, 0.1) is 5.41 Å². The number of hydrogen-bond acceptors (Lipinski definition) is 4. The second-order valence-electron chi connectivity index (χ2n) is 5.58. The number of nitrogens with zero attached hydrogens (tertiary/aromatic N) is 1. The van der Waals surface area contributed by atoms with Gasteiger partial charge in [-0.3, -0.25) is 4.79 Å². The summed E-state index contributed by atoms with van der Waals surface area (Å²) in [5, 5.41) is 0. The molecule has 1 heterocycles. The van der Waals surface area contributed by atoms with Crippen molar-refractivity contribution in [3.05, 3.63) is 35.9 Å². The molecular weight excluding hydrogens is 270 g/mol. The van der Waals surface area contributed by atoms with E-state index in [0.29, 0.717) is 25.9 Å². The van der Waals surface area contributed by atoms with Crippen LogP contribution in [-0.4, -0.2) is 37.2 Å². The second kappa shape index (κ2) is 6.61. The first kappa shape index (κ1) is 15.4. The first-order chi connectivity index (χ1) is 10.0. The molecule has 1 aromatic rings. The van der Waals surface area contributed by atoms with Crippen LogP contribution in [0.3, 0.4) is 0 Å². The molecule has 1 aliphatic rings. The SMILES string of the molecule is COC(=O)C1(C)CCN(C(=O)OCc2ccccc2)CC1. The van der Waals surface area contributed by atoms with Crippen molar-refractivity contribution in [1.82, 2.24) is 4.90 Å². The van der Waals surface area contributed by atoms with E-state index in [-0.39, 0.29) is 18.7 Å². The molecule has 5 heteroatoms. The lowest BCUT2D eigenvalue weighted by Crippen LogP contribution is -2.45. The van der Waals surface area contributed by atoms with Gasteiger partial charge in [-0.15, -0.1) is 0 Å². The molecule has 2 rings (SSSR count). The van der Waals surface area contributed by atoms with E-state index >= 15 is 0 Å². The molecule has 0 saturated carbocycles. The number of piperidine rings is 1. The summed E-state index contributed by atoms with van der Waals surface area (Å²) in [6, 6.07) is 9.57. The molecule has 0 bridgehead atoms. The Kier molecular flexibility index (Phi) is 4.83. The average molecular weight is 291 g/mol. The highest BCUT2D eigenvalue weighted by Gasteiger charge is 2.39. The van der Waals surface area contributed by atoms with E-state index in [9.17, 15) is 9.59 Å². The fraction of sp³-hybridized carbons (Fsp3) is 0.500. The molecule has 0 aliphatic carbocycles. The van der Waals surface area contributed by atoms with Crippen molar-refractivity contribution in [3.63, 3.8) is 0 Å². The number of likely N-dealkylation sites (tertiary alicyclic amines) is 1. The highest BCUT2D eigenvalue weighted by Crippen LogP contribution is 2.32. The van der Waals surface area contributed by atoms with Gasteiger partial charge in [0.1, 0.15) is 6.61 Å². The van der Waals surface area contributed by atoms with Crippen LogP contribution < -0.4 is 0 Å². The number of carbonyl (C=O) groups is 2. The van der Waals surface area contributed by atoms with Crippen LogP contribution in [0.1, 0.15) is 25.3 Å². The summed E-state index contributed by atoms with van der Waals surface area (Å²) in [5.41, 5.74) is 0.465. The molecule has 0 atom stereocenters. The lowest BCUT2D eigenvalue weighted by molar-refractivity contribution is -0.154. The maximum Gasteiger partial charge on any atom is 0.410 e. The zero-order valence-electron chi connectivity index (χ0n) is 12.5. The fourth-order valence-corrected chi connectivity index (χ4v) is 2.44. The zero-order chi connectivity index (χ0) is 15.3. The molecule has 1 fully saturated rings. The first-order valence-corrected chi connectivity index (χ1v) is 7.09. The molecule has 0 aromatic heterocycles. The summed E-state index contributed by atoms with van der Waals surface area (Å²) >= 11 is 0. The van der Waals surface area contributed by atoms with Gasteiger partial charge in [0, 0.05) is 13.1 Å². The molecular formula is C16H21NO4. The third-order valence-corrected chi connectivity index (χ3v) is 4.01. The number of methoxy groups -OCH3 is 1. The first-order valence-electron chi connectivity index (χ1n) is 7.09. The second-order valence-corrected chi connectivity index (χ2v) is 5.58. The third kappa shape index (κ3) is 3.74. The Morgan fingerprint density at radius 1 is 1.19 bits per heavy atom. The van der Waals surface area contributed by atoms with Crippen LogP contribution in [0.15, 0.2) is 30.3 Å². The number of amides is 1. The number of benzene rings is 1. The number of ether oxygens (including phenoxy) is 2. The quantitative estimate of drug-likeness (QED) is 0.803. The van der Waals surface area contributed by atoms with Crippen molar-refractivity contribution in [2.75, 3.05) is 20.2 Å². The summed E-state index contributed by atoms with van der Waals surface area (Å²) in [7, 11) is 1.40. The maximum atomic E-state index is 12.0. The molecule has 1 saturated heterocycles. The van der Waals surface area contributed by atoms with Gasteiger partial charge < -0.3 is 14.4 Å². The fourth-order valence-electron chi connectivity index (χ4n) is 2.44. The van der Waals surface area contributed by atoms with Gasteiger partial charge in [0.2, 0.25) is 0 Å². The standard InChI is InChI=1S/C16H21NO4/c1-16(14(18)20-2)8-10-17(11-9-16)15(19)21-12-13-6-4-3-5-7-13/h3-7H,8-12H2,1-2H3.